The molecule has 3 aromatic rings. The molecule has 0 spiro atoms. The monoisotopic (exact) mass is 329 g/mol. The van der Waals surface area contributed by atoms with Gasteiger partial charge in [-0.3, -0.25) is 9.78 Å². The summed E-state index contributed by atoms with van der Waals surface area (Å²) in [6.07, 6.45) is 4.65. The quantitative estimate of drug-likeness (QED) is 0.668. The Kier molecular flexibility index (Phi) is 4.30. The fraction of sp³-hybridized carbons (Fsp3) is 0.182. The second-order valence-electron chi connectivity index (χ2n) is 6.43. The Bertz CT molecular complexity index is 890. The van der Waals surface area contributed by atoms with Gasteiger partial charge >= 0.3 is 0 Å². The Labute approximate surface area is 147 Å². The number of carbonyl (C=O) groups excluding carboxylic acids is 1. The van der Waals surface area contributed by atoms with Gasteiger partial charge in [-0.1, -0.05) is 42.5 Å². The summed E-state index contributed by atoms with van der Waals surface area (Å²) in [4.78, 5) is 15.7. The van der Waals surface area contributed by atoms with Crippen LogP contribution in [0.3, 0.4) is 0 Å². The van der Waals surface area contributed by atoms with E-state index in [2.05, 4.69) is 29.2 Å². The number of aromatic nitrogens is 1. The first-order chi connectivity index (χ1) is 12.3. The molecule has 4 rings (SSSR count). The predicted molar refractivity (Wildman–Crippen MR) is 97.9 cm³/mol. The number of carbonyl (C=O) groups is 1. The van der Waals surface area contributed by atoms with Crippen LogP contribution in [0.5, 0.6) is 5.75 Å². The molecule has 0 N–H and O–H groups in total. The first kappa shape index (κ1) is 15.6. The minimum Gasteiger partial charge on any atom is -0.493 e. The van der Waals surface area contributed by atoms with E-state index < -0.39 is 0 Å². The fourth-order valence-electron chi connectivity index (χ4n) is 3.41. The van der Waals surface area contributed by atoms with Crippen molar-refractivity contribution in [3.05, 3.63) is 83.7 Å². The molecule has 1 atom stereocenters. The minimum absolute atomic E-state index is 0.440. The minimum atomic E-state index is 0.440. The van der Waals surface area contributed by atoms with Crippen LogP contribution in [0.15, 0.2) is 66.9 Å². The first-order valence-corrected chi connectivity index (χ1v) is 8.53. The van der Waals surface area contributed by atoms with E-state index in [1.165, 1.54) is 5.56 Å². The number of hydrogen-bond acceptors (Lipinski definition) is 3. The first-order valence-electron chi connectivity index (χ1n) is 8.53. The van der Waals surface area contributed by atoms with E-state index in [0.29, 0.717) is 18.1 Å². The SMILES string of the molecule is O=Cc1ccccc1-c1ccc2c(c1)OC[C@H](Cc1ccccn1)C2. The second kappa shape index (κ2) is 6.89. The second-order valence-corrected chi connectivity index (χ2v) is 6.43. The van der Waals surface area contributed by atoms with Gasteiger partial charge < -0.3 is 4.74 Å². The molecule has 0 saturated heterocycles. The van der Waals surface area contributed by atoms with Crippen molar-refractivity contribution in [1.29, 1.82) is 0 Å². The van der Waals surface area contributed by atoms with Gasteiger partial charge in [-0.25, -0.2) is 0 Å². The highest BCUT2D eigenvalue weighted by Gasteiger charge is 2.21. The van der Waals surface area contributed by atoms with Crippen molar-refractivity contribution in [1.82, 2.24) is 4.98 Å². The van der Waals surface area contributed by atoms with Gasteiger partial charge in [0.1, 0.15) is 5.75 Å². The van der Waals surface area contributed by atoms with Crippen LogP contribution in [-0.2, 0) is 12.8 Å². The maximum Gasteiger partial charge on any atom is 0.150 e. The molecule has 3 heteroatoms. The van der Waals surface area contributed by atoms with Crippen molar-refractivity contribution in [2.45, 2.75) is 12.8 Å². The molecule has 1 aliphatic heterocycles. The van der Waals surface area contributed by atoms with E-state index in [1.54, 1.807) is 0 Å². The molecule has 0 saturated carbocycles. The summed E-state index contributed by atoms with van der Waals surface area (Å²) in [5.41, 5.74) is 4.99. The average Bonchev–Trinajstić information content (AvgIpc) is 2.68. The summed E-state index contributed by atoms with van der Waals surface area (Å²) < 4.78 is 6.03. The third kappa shape index (κ3) is 3.31. The number of rotatable bonds is 4. The fourth-order valence-corrected chi connectivity index (χ4v) is 3.41. The van der Waals surface area contributed by atoms with Crippen LogP contribution >= 0.6 is 0 Å². The van der Waals surface area contributed by atoms with Crippen LogP contribution in [0.2, 0.25) is 0 Å². The van der Waals surface area contributed by atoms with Crippen molar-refractivity contribution in [3.8, 4) is 16.9 Å². The van der Waals surface area contributed by atoms with Gasteiger partial charge in [0.2, 0.25) is 0 Å². The van der Waals surface area contributed by atoms with Crippen molar-refractivity contribution in [2.24, 2.45) is 5.92 Å². The van der Waals surface area contributed by atoms with Gasteiger partial charge in [0, 0.05) is 23.4 Å². The zero-order valence-electron chi connectivity index (χ0n) is 13.9. The molecule has 2 heterocycles. The molecule has 3 nitrogen and oxygen atoms in total. The van der Waals surface area contributed by atoms with Crippen LogP contribution in [0, 0.1) is 5.92 Å². The summed E-state index contributed by atoms with van der Waals surface area (Å²) in [5, 5.41) is 0. The van der Waals surface area contributed by atoms with E-state index in [4.69, 9.17) is 4.74 Å². The van der Waals surface area contributed by atoms with Crippen LogP contribution in [0.1, 0.15) is 21.6 Å². The van der Waals surface area contributed by atoms with Gasteiger partial charge in [-0.05, 0) is 47.7 Å². The average molecular weight is 329 g/mol. The van der Waals surface area contributed by atoms with Gasteiger partial charge in [-0.2, -0.15) is 0 Å². The van der Waals surface area contributed by atoms with Gasteiger partial charge in [-0.15, -0.1) is 0 Å². The Morgan fingerprint density at radius 3 is 2.80 bits per heavy atom. The molecule has 124 valence electrons. The molecule has 0 fully saturated rings. The third-order valence-electron chi connectivity index (χ3n) is 4.67. The van der Waals surface area contributed by atoms with Crippen LogP contribution in [-0.4, -0.2) is 17.9 Å². The molecule has 0 radical (unpaired) electrons. The molecule has 0 amide bonds. The summed E-state index contributed by atoms with van der Waals surface area (Å²) in [6, 6.07) is 19.9. The molecular formula is C22H19NO2. The van der Waals surface area contributed by atoms with E-state index in [0.717, 1.165) is 41.7 Å². The lowest BCUT2D eigenvalue weighted by Gasteiger charge is -2.25. The molecule has 0 unspecified atom stereocenters. The van der Waals surface area contributed by atoms with Crippen LogP contribution in [0.25, 0.3) is 11.1 Å². The summed E-state index contributed by atoms with van der Waals surface area (Å²) in [5.74, 6) is 1.37. The Balaban J connectivity index is 1.56. The largest absolute Gasteiger partial charge is 0.493 e. The number of fused-ring (bicyclic) bond motifs is 1. The van der Waals surface area contributed by atoms with Crippen molar-refractivity contribution in [3.63, 3.8) is 0 Å². The molecule has 1 aliphatic rings. The molecule has 2 aromatic carbocycles. The van der Waals surface area contributed by atoms with Gasteiger partial charge in [0.15, 0.2) is 6.29 Å². The number of benzene rings is 2. The third-order valence-corrected chi connectivity index (χ3v) is 4.67. The Morgan fingerprint density at radius 1 is 1.08 bits per heavy atom. The zero-order valence-corrected chi connectivity index (χ0v) is 13.9. The normalized spacial score (nSPS) is 15.9. The van der Waals surface area contributed by atoms with Gasteiger partial charge in [0.05, 0.1) is 6.61 Å². The van der Waals surface area contributed by atoms with E-state index in [9.17, 15) is 4.79 Å². The van der Waals surface area contributed by atoms with Crippen LogP contribution < -0.4 is 4.74 Å². The number of hydrogen-bond donors (Lipinski definition) is 0. The summed E-state index contributed by atoms with van der Waals surface area (Å²) >= 11 is 0. The standard InChI is InChI=1S/C22H19NO2/c24-14-19-5-1-2-7-21(19)17-8-9-18-11-16(15-25-22(18)13-17)12-20-6-3-4-10-23-20/h1-10,13-14,16H,11-12,15H2/t16-/m0/s1. The molecule has 1 aromatic heterocycles. The maximum absolute atomic E-state index is 11.3. The number of ether oxygens (including phenoxy) is 1. The lowest BCUT2D eigenvalue weighted by atomic mass is 9.90. The number of aldehydes is 1. The highest BCUT2D eigenvalue weighted by molar-refractivity contribution is 5.87. The lowest BCUT2D eigenvalue weighted by Crippen LogP contribution is -2.23. The topological polar surface area (TPSA) is 39.2 Å². The van der Waals surface area contributed by atoms with Crippen molar-refractivity contribution >= 4 is 6.29 Å². The van der Waals surface area contributed by atoms with E-state index in [1.807, 2.05) is 42.6 Å². The Hall–Kier alpha value is -2.94. The van der Waals surface area contributed by atoms with E-state index >= 15 is 0 Å². The maximum atomic E-state index is 11.3. The van der Waals surface area contributed by atoms with Crippen molar-refractivity contribution < 1.29 is 9.53 Å². The van der Waals surface area contributed by atoms with Crippen LogP contribution in [0.4, 0.5) is 0 Å². The molecule has 0 aliphatic carbocycles. The molecular weight excluding hydrogens is 310 g/mol. The summed E-state index contributed by atoms with van der Waals surface area (Å²) in [7, 11) is 0. The highest BCUT2D eigenvalue weighted by atomic mass is 16.5. The van der Waals surface area contributed by atoms with Gasteiger partial charge in [0.25, 0.3) is 0 Å². The van der Waals surface area contributed by atoms with Crippen molar-refractivity contribution in [2.75, 3.05) is 6.61 Å². The lowest BCUT2D eigenvalue weighted by molar-refractivity contribution is 0.112. The molecule has 0 bridgehead atoms. The smallest absolute Gasteiger partial charge is 0.150 e. The Morgan fingerprint density at radius 2 is 1.96 bits per heavy atom. The predicted octanol–water partition coefficient (Wildman–Crippen LogP) is 4.35. The molecule has 25 heavy (non-hydrogen) atoms. The highest BCUT2D eigenvalue weighted by Crippen LogP contribution is 2.33. The number of pyridine rings is 1. The summed E-state index contributed by atoms with van der Waals surface area (Å²) in [6.45, 7) is 0.697. The number of nitrogens with zero attached hydrogens (tertiary/aromatic N) is 1. The zero-order chi connectivity index (χ0) is 17.1. The van der Waals surface area contributed by atoms with E-state index in [-0.39, 0.29) is 0 Å².